The minimum Gasteiger partial charge on any atom is -0.294 e. The maximum atomic E-state index is 13.3. The van der Waals surface area contributed by atoms with Gasteiger partial charge in [0.25, 0.3) is 5.56 Å². The lowest BCUT2D eigenvalue weighted by Gasteiger charge is -2.39. The number of amides is 1. The molecule has 1 aliphatic carbocycles. The van der Waals surface area contributed by atoms with Gasteiger partial charge in [0.05, 0.1) is 11.3 Å². The normalized spacial score (nSPS) is 18.9. The number of pyridine rings is 1. The summed E-state index contributed by atoms with van der Waals surface area (Å²) in [6, 6.07) is 7.96. The van der Waals surface area contributed by atoms with Crippen LogP contribution in [0, 0.1) is 25.2 Å². The van der Waals surface area contributed by atoms with E-state index in [2.05, 4.69) is 0 Å². The minimum absolute atomic E-state index is 0.0949. The van der Waals surface area contributed by atoms with Gasteiger partial charge in [0.1, 0.15) is 11.6 Å². The van der Waals surface area contributed by atoms with E-state index < -0.39 is 29.1 Å². The van der Waals surface area contributed by atoms with Gasteiger partial charge in [-0.1, -0.05) is 12.1 Å². The zero-order valence-corrected chi connectivity index (χ0v) is 18.0. The van der Waals surface area contributed by atoms with E-state index in [-0.39, 0.29) is 24.2 Å². The van der Waals surface area contributed by atoms with Crippen molar-refractivity contribution in [2.45, 2.75) is 51.6 Å². The monoisotopic (exact) mass is 455 g/mol. The lowest BCUT2D eigenvalue weighted by molar-refractivity contribution is -0.137. The highest BCUT2D eigenvalue weighted by molar-refractivity contribution is 6.04. The lowest BCUT2D eigenvalue weighted by Crippen LogP contribution is -2.52. The van der Waals surface area contributed by atoms with Crippen molar-refractivity contribution in [3.8, 4) is 6.07 Å². The molecule has 1 aliphatic heterocycles. The molecule has 6 nitrogen and oxygen atoms in total. The number of allylic oxidation sites excluding steroid dienone is 2. The Morgan fingerprint density at radius 2 is 1.73 bits per heavy atom. The van der Waals surface area contributed by atoms with E-state index in [9.17, 15) is 32.8 Å². The first-order valence-electron chi connectivity index (χ1n) is 10.4. The molecule has 0 radical (unpaired) electrons. The van der Waals surface area contributed by atoms with Crippen molar-refractivity contribution in [1.29, 1.82) is 5.26 Å². The molecule has 2 aliphatic rings. The number of nitrogens with zero attached hydrogens (tertiary/aromatic N) is 3. The molecule has 2 heterocycles. The third kappa shape index (κ3) is 3.75. The zero-order valence-electron chi connectivity index (χ0n) is 18.0. The standard InChI is InChI=1S/C24H20F3N3O3/c1-13-10-14(2)29(23(33)18(13)12-28)30-19-4-3-5-20(31)22(19)17(11-21(30)32)15-6-8-16(9-7-15)24(25,26)27/h6-10,17H,3-5,11H2,1-2H3. The number of ketones is 1. The Balaban J connectivity index is 1.89. The number of benzene rings is 1. The van der Waals surface area contributed by atoms with Crippen molar-refractivity contribution < 1.29 is 22.8 Å². The summed E-state index contributed by atoms with van der Waals surface area (Å²) < 4.78 is 40.1. The third-order valence-electron chi connectivity index (χ3n) is 6.16. The van der Waals surface area contributed by atoms with Crippen molar-refractivity contribution in [1.82, 2.24) is 4.68 Å². The van der Waals surface area contributed by atoms with Gasteiger partial charge in [0.15, 0.2) is 5.78 Å². The van der Waals surface area contributed by atoms with Gasteiger partial charge in [-0.05, 0) is 56.0 Å². The topological polar surface area (TPSA) is 83.2 Å². The van der Waals surface area contributed by atoms with E-state index in [1.54, 1.807) is 19.9 Å². The highest BCUT2D eigenvalue weighted by Crippen LogP contribution is 2.41. The van der Waals surface area contributed by atoms with E-state index in [4.69, 9.17) is 0 Å². The molecule has 1 aromatic heterocycles. The van der Waals surface area contributed by atoms with Gasteiger partial charge in [-0.3, -0.25) is 14.4 Å². The maximum absolute atomic E-state index is 13.3. The Bertz CT molecular complexity index is 1300. The third-order valence-corrected chi connectivity index (χ3v) is 6.16. The quantitative estimate of drug-likeness (QED) is 0.685. The number of carbonyl (C=O) groups excluding carboxylic acids is 2. The number of halogens is 3. The average Bonchev–Trinajstić information content (AvgIpc) is 2.74. The van der Waals surface area contributed by atoms with Gasteiger partial charge in [0.2, 0.25) is 5.91 Å². The molecule has 2 aromatic rings. The van der Waals surface area contributed by atoms with E-state index in [1.807, 2.05) is 6.07 Å². The van der Waals surface area contributed by atoms with Crippen molar-refractivity contribution in [2.24, 2.45) is 0 Å². The number of aromatic nitrogens is 1. The molecule has 9 heteroatoms. The molecule has 1 unspecified atom stereocenters. The summed E-state index contributed by atoms with van der Waals surface area (Å²) >= 11 is 0. The largest absolute Gasteiger partial charge is 0.416 e. The van der Waals surface area contributed by atoms with Gasteiger partial charge in [-0.15, -0.1) is 0 Å². The van der Waals surface area contributed by atoms with Crippen LogP contribution in [0.1, 0.15) is 59.5 Å². The summed E-state index contributed by atoms with van der Waals surface area (Å²) in [5.41, 5.74) is 0.495. The molecule has 0 bridgehead atoms. The lowest BCUT2D eigenvalue weighted by atomic mass is 9.77. The fourth-order valence-electron chi connectivity index (χ4n) is 4.66. The van der Waals surface area contributed by atoms with E-state index in [1.165, 1.54) is 17.1 Å². The van der Waals surface area contributed by atoms with Crippen LogP contribution in [0.5, 0.6) is 0 Å². The smallest absolute Gasteiger partial charge is 0.294 e. The Morgan fingerprint density at radius 3 is 2.33 bits per heavy atom. The number of rotatable bonds is 2. The van der Waals surface area contributed by atoms with Crippen LogP contribution in [0.4, 0.5) is 13.2 Å². The van der Waals surface area contributed by atoms with Crippen LogP contribution in [0.3, 0.4) is 0 Å². The second kappa shape index (κ2) is 8.03. The second-order valence-corrected chi connectivity index (χ2v) is 8.29. The van der Waals surface area contributed by atoms with Crippen LogP contribution in [-0.2, 0) is 15.8 Å². The molecule has 33 heavy (non-hydrogen) atoms. The number of aryl methyl sites for hydroxylation is 2. The minimum atomic E-state index is -4.49. The molecule has 0 spiro atoms. The molecule has 0 N–H and O–H groups in total. The first-order valence-corrected chi connectivity index (χ1v) is 10.4. The number of carbonyl (C=O) groups is 2. The number of hydrogen-bond acceptors (Lipinski definition) is 4. The average molecular weight is 455 g/mol. The maximum Gasteiger partial charge on any atom is 0.416 e. The number of nitriles is 1. The van der Waals surface area contributed by atoms with Crippen LogP contribution in [-0.4, -0.2) is 16.4 Å². The Morgan fingerprint density at radius 1 is 1.06 bits per heavy atom. The van der Waals surface area contributed by atoms with Crippen molar-refractivity contribution in [3.63, 3.8) is 0 Å². The zero-order chi connectivity index (χ0) is 24.1. The van der Waals surface area contributed by atoms with Crippen molar-refractivity contribution >= 4 is 11.7 Å². The molecule has 0 saturated carbocycles. The van der Waals surface area contributed by atoms with Gasteiger partial charge in [0, 0.05) is 30.0 Å². The summed E-state index contributed by atoms with van der Waals surface area (Å²) in [6.45, 7) is 3.26. The highest BCUT2D eigenvalue weighted by atomic mass is 19.4. The van der Waals surface area contributed by atoms with Crippen molar-refractivity contribution in [3.05, 3.63) is 79.9 Å². The van der Waals surface area contributed by atoms with Crippen LogP contribution in [0.15, 0.2) is 46.4 Å². The fraction of sp³-hybridized carbons (Fsp3) is 0.333. The van der Waals surface area contributed by atoms with Crippen LogP contribution in [0.25, 0.3) is 0 Å². The first-order chi connectivity index (χ1) is 15.5. The Labute approximate surface area is 187 Å². The predicted octanol–water partition coefficient (Wildman–Crippen LogP) is 4.01. The molecular formula is C24H20F3N3O3. The van der Waals surface area contributed by atoms with Gasteiger partial charge in [-0.25, -0.2) is 9.69 Å². The van der Waals surface area contributed by atoms with Crippen LogP contribution in [0.2, 0.25) is 0 Å². The number of hydrogen-bond donors (Lipinski definition) is 0. The molecule has 1 amide bonds. The molecular weight excluding hydrogens is 435 g/mol. The first kappa shape index (κ1) is 22.5. The summed E-state index contributed by atoms with van der Waals surface area (Å²) in [4.78, 5) is 39.3. The predicted molar refractivity (Wildman–Crippen MR) is 113 cm³/mol. The summed E-state index contributed by atoms with van der Waals surface area (Å²) in [5, 5.41) is 10.6. The molecule has 0 fully saturated rings. The van der Waals surface area contributed by atoms with Crippen LogP contribution >= 0.6 is 0 Å². The SMILES string of the molecule is Cc1cc(C)n(N2C(=O)CC(c3ccc(C(F)(F)F)cc3)C3=C2CCCC3=O)c(=O)c1C#N. The van der Waals surface area contributed by atoms with Crippen molar-refractivity contribution in [2.75, 3.05) is 5.01 Å². The summed E-state index contributed by atoms with van der Waals surface area (Å²) in [5.74, 6) is -1.36. The molecule has 0 saturated heterocycles. The highest BCUT2D eigenvalue weighted by Gasteiger charge is 2.41. The van der Waals surface area contributed by atoms with Gasteiger partial charge in [-0.2, -0.15) is 18.4 Å². The van der Waals surface area contributed by atoms with Crippen LogP contribution < -0.4 is 10.6 Å². The molecule has 1 atom stereocenters. The fourth-order valence-corrected chi connectivity index (χ4v) is 4.66. The molecule has 170 valence electrons. The summed E-state index contributed by atoms with van der Waals surface area (Å²) in [7, 11) is 0. The number of alkyl halides is 3. The Hall–Kier alpha value is -3.67. The van der Waals surface area contributed by atoms with Gasteiger partial charge >= 0.3 is 6.18 Å². The van der Waals surface area contributed by atoms with E-state index >= 15 is 0 Å². The number of Topliss-reactive ketones (excluding diaryl/α,β-unsaturated/α-hetero) is 1. The van der Waals surface area contributed by atoms with E-state index in [0.717, 1.165) is 16.8 Å². The molecule has 1 aromatic carbocycles. The second-order valence-electron chi connectivity index (χ2n) is 8.29. The van der Waals surface area contributed by atoms with Gasteiger partial charge < -0.3 is 0 Å². The van der Waals surface area contributed by atoms with E-state index in [0.29, 0.717) is 40.9 Å². The summed E-state index contributed by atoms with van der Waals surface area (Å²) in [6.07, 6.45) is -3.59. The Kier molecular flexibility index (Phi) is 5.48. The molecule has 4 rings (SSSR count).